The average Bonchev–Trinajstić information content (AvgIpc) is 2.26. The average molecular weight is 287 g/mol. The molecule has 0 aliphatic heterocycles. The molecule has 0 aliphatic carbocycles. The Kier molecular flexibility index (Phi) is 4.46. The summed E-state index contributed by atoms with van der Waals surface area (Å²) in [5.74, 6) is 0. The Morgan fingerprint density at radius 3 is 1.84 bits per heavy atom. The van der Waals surface area contributed by atoms with E-state index in [1.807, 2.05) is 0 Å². The van der Waals surface area contributed by atoms with E-state index in [1.165, 1.54) is 0 Å². The van der Waals surface area contributed by atoms with Crippen molar-refractivity contribution < 1.29 is 31.4 Å². The molecule has 0 fully saturated rings. The third-order valence-corrected chi connectivity index (χ3v) is 2.52. The van der Waals surface area contributed by atoms with E-state index in [2.05, 4.69) is 0 Å². The molecule has 0 radical (unpaired) electrons. The van der Waals surface area contributed by atoms with Crippen molar-refractivity contribution in [3.63, 3.8) is 0 Å². The fourth-order valence-electron chi connectivity index (χ4n) is 1.40. The molecule has 1 aromatic carbocycles. The number of alkyl halides is 6. The molecule has 1 rings (SSSR count). The van der Waals surface area contributed by atoms with E-state index in [9.17, 15) is 31.4 Å². The summed E-state index contributed by atoms with van der Waals surface area (Å²) < 4.78 is 73.2. The van der Waals surface area contributed by atoms with Crippen LogP contribution in [0.25, 0.3) is 0 Å². The molecule has 8 heteroatoms. The van der Waals surface area contributed by atoms with Gasteiger partial charge in [-0.25, -0.2) is 0 Å². The third kappa shape index (κ3) is 4.39. The number of aliphatic hydroxyl groups excluding tert-OH is 1. The first kappa shape index (κ1) is 15.8. The Labute approximate surface area is 104 Å². The maximum atomic E-state index is 12.3. The summed E-state index contributed by atoms with van der Waals surface area (Å²) >= 11 is 0. The summed E-state index contributed by atoms with van der Waals surface area (Å²) in [4.78, 5) is 0. The monoisotopic (exact) mass is 287 g/mol. The number of nitrogens with two attached hydrogens (primary N) is 1. The zero-order valence-corrected chi connectivity index (χ0v) is 9.46. The molecular formula is C11H11F6NO. The molecule has 2 nitrogen and oxygen atoms in total. The Hall–Kier alpha value is -1.28. The van der Waals surface area contributed by atoms with Crippen molar-refractivity contribution in [2.45, 2.75) is 30.9 Å². The van der Waals surface area contributed by atoms with Crippen LogP contribution in [-0.4, -0.2) is 17.3 Å². The molecule has 0 bridgehead atoms. The largest absolute Gasteiger partial charge is 0.416 e. The fraction of sp³-hybridized carbons (Fsp3) is 0.455. The van der Waals surface area contributed by atoms with Gasteiger partial charge in [-0.1, -0.05) is 12.1 Å². The number of hydrogen-bond donors (Lipinski definition) is 2. The van der Waals surface area contributed by atoms with Gasteiger partial charge in [0.15, 0.2) is 0 Å². The first-order valence-corrected chi connectivity index (χ1v) is 5.19. The minimum Gasteiger partial charge on any atom is -0.388 e. The van der Waals surface area contributed by atoms with Gasteiger partial charge < -0.3 is 10.8 Å². The molecule has 0 unspecified atom stereocenters. The van der Waals surface area contributed by atoms with Gasteiger partial charge in [0, 0.05) is 6.42 Å². The molecule has 0 saturated carbocycles. The summed E-state index contributed by atoms with van der Waals surface area (Å²) in [5.41, 5.74) is 3.83. The molecule has 3 N–H and O–H groups in total. The summed E-state index contributed by atoms with van der Waals surface area (Å²) in [7, 11) is 0. The van der Waals surface area contributed by atoms with Crippen molar-refractivity contribution in [3.05, 3.63) is 35.4 Å². The molecule has 1 aromatic rings. The fourth-order valence-corrected chi connectivity index (χ4v) is 1.40. The van der Waals surface area contributed by atoms with E-state index >= 15 is 0 Å². The Bertz CT molecular complexity index is 411. The normalized spacial score (nSPS) is 16.2. The second-order valence-corrected chi connectivity index (χ2v) is 4.02. The minimum absolute atomic E-state index is 0.0484. The highest BCUT2D eigenvalue weighted by Gasteiger charge is 2.38. The summed E-state index contributed by atoms with van der Waals surface area (Å²) in [5, 5.41) is 9.49. The van der Waals surface area contributed by atoms with Crippen LogP contribution in [0.2, 0.25) is 0 Å². The standard InChI is InChI=1S/C11H11F6NO/c12-10(13,14)7-3-1-6(2-4-7)8(19)5-9(18)11(15,16)17/h1-4,8-9,19H,5,18H2/t8-,9+/m0/s1. The summed E-state index contributed by atoms with van der Waals surface area (Å²) in [6.45, 7) is 0. The maximum absolute atomic E-state index is 12.3. The summed E-state index contributed by atoms with van der Waals surface area (Å²) in [6.07, 6.45) is -11.6. The van der Waals surface area contributed by atoms with Gasteiger partial charge in [-0.05, 0) is 17.7 Å². The predicted molar refractivity (Wildman–Crippen MR) is 55.1 cm³/mol. The number of aliphatic hydroxyl groups is 1. The van der Waals surface area contributed by atoms with E-state index in [-0.39, 0.29) is 5.56 Å². The van der Waals surface area contributed by atoms with E-state index in [1.54, 1.807) is 0 Å². The molecule has 108 valence electrons. The van der Waals surface area contributed by atoms with Gasteiger partial charge in [0.1, 0.15) is 6.04 Å². The summed E-state index contributed by atoms with van der Waals surface area (Å²) in [6, 6.07) is 1.01. The van der Waals surface area contributed by atoms with Gasteiger partial charge in [-0.15, -0.1) is 0 Å². The van der Waals surface area contributed by atoms with Gasteiger partial charge in [0.2, 0.25) is 0 Å². The molecule has 0 amide bonds. The zero-order valence-electron chi connectivity index (χ0n) is 9.46. The molecule has 19 heavy (non-hydrogen) atoms. The van der Waals surface area contributed by atoms with Crippen molar-refractivity contribution >= 4 is 0 Å². The van der Waals surface area contributed by atoms with Crippen LogP contribution in [0, 0.1) is 0 Å². The first-order chi connectivity index (χ1) is 8.51. The van der Waals surface area contributed by atoms with Crippen LogP contribution in [0.5, 0.6) is 0 Å². The van der Waals surface area contributed by atoms with Gasteiger partial charge in [-0.2, -0.15) is 26.3 Å². The molecule has 0 saturated heterocycles. The van der Waals surface area contributed by atoms with Gasteiger partial charge in [-0.3, -0.25) is 0 Å². The maximum Gasteiger partial charge on any atom is 0.416 e. The number of benzene rings is 1. The van der Waals surface area contributed by atoms with Crippen LogP contribution < -0.4 is 5.73 Å². The van der Waals surface area contributed by atoms with Crippen LogP contribution in [0.15, 0.2) is 24.3 Å². The third-order valence-electron chi connectivity index (χ3n) is 2.52. The van der Waals surface area contributed by atoms with Crippen molar-refractivity contribution in [1.82, 2.24) is 0 Å². The van der Waals surface area contributed by atoms with Crippen LogP contribution in [0.1, 0.15) is 23.7 Å². The highest BCUT2D eigenvalue weighted by Crippen LogP contribution is 2.31. The molecule has 0 heterocycles. The zero-order chi connectivity index (χ0) is 14.8. The van der Waals surface area contributed by atoms with Crippen LogP contribution >= 0.6 is 0 Å². The lowest BCUT2D eigenvalue weighted by Gasteiger charge is -2.19. The number of rotatable bonds is 3. The van der Waals surface area contributed by atoms with Gasteiger partial charge in [0.25, 0.3) is 0 Å². The van der Waals surface area contributed by atoms with Crippen LogP contribution in [0.3, 0.4) is 0 Å². The Morgan fingerprint density at radius 2 is 1.47 bits per heavy atom. The van der Waals surface area contributed by atoms with Crippen molar-refractivity contribution in [2.24, 2.45) is 5.73 Å². The smallest absolute Gasteiger partial charge is 0.388 e. The van der Waals surface area contributed by atoms with Crippen LogP contribution in [0.4, 0.5) is 26.3 Å². The molecule has 0 aromatic heterocycles. The predicted octanol–water partition coefficient (Wildman–Crippen LogP) is 3.02. The highest BCUT2D eigenvalue weighted by atomic mass is 19.4. The Balaban J connectivity index is 2.76. The van der Waals surface area contributed by atoms with E-state index < -0.39 is 36.5 Å². The van der Waals surface area contributed by atoms with Crippen molar-refractivity contribution in [3.8, 4) is 0 Å². The topological polar surface area (TPSA) is 46.2 Å². The lowest BCUT2D eigenvalue weighted by atomic mass is 10.0. The van der Waals surface area contributed by atoms with Gasteiger partial charge in [0.05, 0.1) is 11.7 Å². The molecule has 2 atom stereocenters. The second kappa shape index (κ2) is 5.38. The highest BCUT2D eigenvalue weighted by molar-refractivity contribution is 5.26. The van der Waals surface area contributed by atoms with E-state index in [0.717, 1.165) is 12.1 Å². The molecular weight excluding hydrogens is 276 g/mol. The SMILES string of the molecule is N[C@H](C[C@H](O)c1ccc(C(F)(F)F)cc1)C(F)(F)F. The lowest BCUT2D eigenvalue weighted by Crippen LogP contribution is -2.38. The number of hydrogen-bond acceptors (Lipinski definition) is 2. The minimum atomic E-state index is -4.66. The first-order valence-electron chi connectivity index (χ1n) is 5.19. The lowest BCUT2D eigenvalue weighted by molar-refractivity contribution is -0.153. The number of halogens is 6. The molecule has 0 aliphatic rings. The van der Waals surface area contributed by atoms with Crippen molar-refractivity contribution in [2.75, 3.05) is 0 Å². The Morgan fingerprint density at radius 1 is 1.00 bits per heavy atom. The molecule has 0 spiro atoms. The van der Waals surface area contributed by atoms with Crippen LogP contribution in [-0.2, 0) is 6.18 Å². The van der Waals surface area contributed by atoms with E-state index in [4.69, 9.17) is 5.73 Å². The van der Waals surface area contributed by atoms with Gasteiger partial charge >= 0.3 is 12.4 Å². The van der Waals surface area contributed by atoms with Crippen molar-refractivity contribution in [1.29, 1.82) is 0 Å². The second-order valence-electron chi connectivity index (χ2n) is 4.02. The van der Waals surface area contributed by atoms with E-state index in [0.29, 0.717) is 12.1 Å². The quantitative estimate of drug-likeness (QED) is 0.839.